The summed E-state index contributed by atoms with van der Waals surface area (Å²) in [5, 5.41) is 12.5. The van der Waals surface area contributed by atoms with Crippen molar-refractivity contribution in [2.45, 2.75) is 37.4 Å². The Morgan fingerprint density at radius 3 is 2.17 bits per heavy atom. The van der Waals surface area contributed by atoms with Gasteiger partial charge in [-0.1, -0.05) is 60.7 Å². The largest absolute Gasteiger partial charge is 0.480 e. The van der Waals surface area contributed by atoms with Crippen LogP contribution in [0.5, 0.6) is 0 Å². The van der Waals surface area contributed by atoms with E-state index < -0.39 is 12.0 Å². The van der Waals surface area contributed by atoms with Crippen LogP contribution in [0.15, 0.2) is 102 Å². The Labute approximate surface area is 251 Å². The molecule has 0 spiro atoms. The SMILES string of the molecule is CSCC[C@H](NC(=O)c1ccc(CN(Cc2ccccc2)c2ccc(SC)cc2)cc1-c1ccccc1C)C(=O)O. The van der Waals surface area contributed by atoms with Crippen molar-refractivity contribution in [1.29, 1.82) is 0 Å². The van der Waals surface area contributed by atoms with E-state index in [-0.39, 0.29) is 5.91 Å². The van der Waals surface area contributed by atoms with Gasteiger partial charge in [0.05, 0.1) is 0 Å². The number of carboxylic acid groups (broad SMARTS) is 1. The number of nitrogens with one attached hydrogen (secondary N) is 1. The molecule has 0 heterocycles. The molecule has 0 fully saturated rings. The molecule has 0 bridgehead atoms. The molecule has 41 heavy (non-hydrogen) atoms. The van der Waals surface area contributed by atoms with Crippen LogP contribution in [0.4, 0.5) is 5.69 Å². The lowest BCUT2D eigenvalue weighted by molar-refractivity contribution is -0.139. The third-order valence-corrected chi connectivity index (χ3v) is 8.39. The van der Waals surface area contributed by atoms with Crippen molar-refractivity contribution in [3.05, 3.63) is 119 Å². The summed E-state index contributed by atoms with van der Waals surface area (Å²) in [7, 11) is 0. The number of nitrogens with zero attached hydrogens (tertiary/aromatic N) is 1. The number of carbonyl (C=O) groups excluding carboxylic acids is 1. The number of hydrogen-bond donors (Lipinski definition) is 2. The summed E-state index contributed by atoms with van der Waals surface area (Å²) in [5.74, 6) is -0.752. The molecule has 0 aliphatic carbocycles. The maximum absolute atomic E-state index is 13.5. The quantitative estimate of drug-likeness (QED) is 0.158. The van der Waals surface area contributed by atoms with Gasteiger partial charge in [0.25, 0.3) is 5.91 Å². The van der Waals surface area contributed by atoms with Crippen molar-refractivity contribution >= 4 is 41.1 Å². The molecule has 0 saturated carbocycles. The zero-order valence-electron chi connectivity index (χ0n) is 23.7. The van der Waals surface area contributed by atoms with Crippen LogP contribution in [0.1, 0.15) is 33.5 Å². The number of thioether (sulfide) groups is 2. The minimum Gasteiger partial charge on any atom is -0.480 e. The smallest absolute Gasteiger partial charge is 0.326 e. The molecule has 4 aromatic rings. The van der Waals surface area contributed by atoms with Crippen LogP contribution in [-0.4, -0.2) is 41.3 Å². The van der Waals surface area contributed by atoms with Crippen molar-refractivity contribution < 1.29 is 14.7 Å². The lowest BCUT2D eigenvalue weighted by Crippen LogP contribution is -2.41. The van der Waals surface area contributed by atoms with Gasteiger partial charge in [0, 0.05) is 29.2 Å². The molecule has 0 unspecified atom stereocenters. The number of carboxylic acids is 1. The Kier molecular flexibility index (Phi) is 10.9. The lowest BCUT2D eigenvalue weighted by atomic mass is 9.93. The summed E-state index contributed by atoms with van der Waals surface area (Å²) in [6.45, 7) is 3.40. The van der Waals surface area contributed by atoms with E-state index in [2.05, 4.69) is 71.1 Å². The van der Waals surface area contributed by atoms with Gasteiger partial charge in [-0.15, -0.1) is 11.8 Å². The Morgan fingerprint density at radius 1 is 0.829 bits per heavy atom. The van der Waals surface area contributed by atoms with Crippen molar-refractivity contribution in [2.24, 2.45) is 0 Å². The number of aliphatic carboxylic acids is 1. The number of carbonyl (C=O) groups is 2. The van der Waals surface area contributed by atoms with Crippen LogP contribution in [0.2, 0.25) is 0 Å². The molecule has 212 valence electrons. The topological polar surface area (TPSA) is 69.6 Å². The highest BCUT2D eigenvalue weighted by Gasteiger charge is 2.23. The Morgan fingerprint density at radius 2 is 1.51 bits per heavy atom. The highest BCUT2D eigenvalue weighted by atomic mass is 32.2. The molecule has 0 aromatic heterocycles. The molecule has 5 nitrogen and oxygen atoms in total. The second kappa shape index (κ2) is 14.8. The predicted octanol–water partition coefficient (Wildman–Crippen LogP) is 7.53. The van der Waals surface area contributed by atoms with Crippen molar-refractivity contribution in [1.82, 2.24) is 5.32 Å². The number of hydrogen-bond acceptors (Lipinski definition) is 5. The van der Waals surface area contributed by atoms with Crippen molar-refractivity contribution in [3.8, 4) is 11.1 Å². The number of aryl methyl sites for hydroxylation is 1. The number of benzene rings is 4. The van der Waals surface area contributed by atoms with E-state index in [1.54, 1.807) is 23.5 Å². The first-order valence-corrected chi connectivity index (χ1v) is 16.2. The maximum Gasteiger partial charge on any atom is 0.326 e. The molecule has 4 rings (SSSR count). The molecular formula is C34H36N2O3S2. The normalized spacial score (nSPS) is 11.6. The highest BCUT2D eigenvalue weighted by Crippen LogP contribution is 2.30. The average Bonchev–Trinajstić information content (AvgIpc) is 2.99. The van der Waals surface area contributed by atoms with Crippen LogP contribution in [0.3, 0.4) is 0 Å². The zero-order chi connectivity index (χ0) is 29.2. The van der Waals surface area contributed by atoms with Crippen LogP contribution < -0.4 is 10.2 Å². The molecule has 1 amide bonds. The summed E-state index contributed by atoms with van der Waals surface area (Å²) in [6.07, 6.45) is 4.36. The van der Waals surface area contributed by atoms with E-state index in [0.29, 0.717) is 24.3 Å². The van der Waals surface area contributed by atoms with Gasteiger partial charge >= 0.3 is 5.97 Å². The van der Waals surface area contributed by atoms with Crippen molar-refractivity contribution in [3.63, 3.8) is 0 Å². The van der Waals surface area contributed by atoms with E-state index in [9.17, 15) is 14.7 Å². The summed E-state index contributed by atoms with van der Waals surface area (Å²) in [4.78, 5) is 28.9. The molecule has 0 radical (unpaired) electrons. The van der Waals surface area contributed by atoms with E-state index in [1.807, 2.05) is 55.6 Å². The van der Waals surface area contributed by atoms with Gasteiger partial charge in [-0.05, 0) is 95.8 Å². The Balaban J connectivity index is 1.71. The Bertz CT molecular complexity index is 1460. The maximum atomic E-state index is 13.5. The van der Waals surface area contributed by atoms with E-state index in [0.717, 1.165) is 34.5 Å². The van der Waals surface area contributed by atoms with Crippen LogP contribution in [0.25, 0.3) is 11.1 Å². The number of anilines is 1. The molecule has 2 N–H and O–H groups in total. The Hall–Kier alpha value is -3.68. The minimum absolute atomic E-state index is 0.365. The fourth-order valence-electron chi connectivity index (χ4n) is 4.77. The second-order valence-electron chi connectivity index (χ2n) is 9.88. The minimum atomic E-state index is -1.02. The van der Waals surface area contributed by atoms with Crippen molar-refractivity contribution in [2.75, 3.05) is 23.2 Å². The number of amides is 1. The first-order chi connectivity index (χ1) is 19.9. The van der Waals surface area contributed by atoms with E-state index >= 15 is 0 Å². The molecule has 0 aliphatic rings. The molecule has 7 heteroatoms. The first kappa shape index (κ1) is 30.3. The van der Waals surface area contributed by atoms with Gasteiger partial charge in [-0.3, -0.25) is 4.79 Å². The summed E-state index contributed by atoms with van der Waals surface area (Å²) in [6, 6.07) is 31.9. The van der Waals surface area contributed by atoms with Gasteiger partial charge in [0.2, 0.25) is 0 Å². The molecule has 0 saturated heterocycles. The monoisotopic (exact) mass is 584 g/mol. The average molecular weight is 585 g/mol. The highest BCUT2D eigenvalue weighted by molar-refractivity contribution is 7.98. The van der Waals surface area contributed by atoms with E-state index in [1.165, 1.54) is 10.5 Å². The van der Waals surface area contributed by atoms with Gasteiger partial charge in [-0.2, -0.15) is 11.8 Å². The third-order valence-electron chi connectivity index (χ3n) is 7.01. The fraction of sp³-hybridized carbons (Fsp3) is 0.235. The van der Waals surface area contributed by atoms with Gasteiger partial charge in [-0.25, -0.2) is 4.79 Å². The standard InChI is InChI=1S/C34H36N2O3S2/c1-24-9-7-8-12-29(24)31-21-26(13-18-30(31)33(37)35-32(34(38)39)19-20-40-2)23-36(22-25-10-5-4-6-11-25)27-14-16-28(41-3)17-15-27/h4-18,21,32H,19-20,22-23H2,1-3H3,(H,35,37)(H,38,39)/t32-/m0/s1. The zero-order valence-corrected chi connectivity index (χ0v) is 25.3. The predicted molar refractivity (Wildman–Crippen MR) is 173 cm³/mol. The lowest BCUT2D eigenvalue weighted by Gasteiger charge is -2.26. The summed E-state index contributed by atoms with van der Waals surface area (Å²) in [5.41, 5.74) is 6.65. The third kappa shape index (κ3) is 8.18. The first-order valence-electron chi connectivity index (χ1n) is 13.5. The molecule has 4 aromatic carbocycles. The summed E-state index contributed by atoms with van der Waals surface area (Å²) < 4.78 is 0. The van der Waals surface area contributed by atoms with E-state index in [4.69, 9.17) is 0 Å². The number of rotatable bonds is 13. The van der Waals surface area contributed by atoms with Gasteiger partial charge in [0.15, 0.2) is 0 Å². The fourth-order valence-corrected chi connectivity index (χ4v) is 5.65. The summed E-state index contributed by atoms with van der Waals surface area (Å²) >= 11 is 3.28. The van der Waals surface area contributed by atoms with Crippen LogP contribution in [-0.2, 0) is 17.9 Å². The van der Waals surface area contributed by atoms with Crippen LogP contribution >= 0.6 is 23.5 Å². The molecule has 0 aliphatic heterocycles. The van der Waals surface area contributed by atoms with Crippen LogP contribution in [0, 0.1) is 6.92 Å². The van der Waals surface area contributed by atoms with Gasteiger partial charge in [0.1, 0.15) is 6.04 Å². The second-order valence-corrected chi connectivity index (χ2v) is 11.7. The molecular weight excluding hydrogens is 549 g/mol. The molecule has 1 atom stereocenters. The van der Waals surface area contributed by atoms with Gasteiger partial charge < -0.3 is 15.3 Å².